The van der Waals surface area contributed by atoms with Crippen molar-refractivity contribution in [2.45, 2.75) is 64.2 Å². The Morgan fingerprint density at radius 1 is 0.958 bits per heavy atom. The lowest BCUT2D eigenvalue weighted by Crippen LogP contribution is -2.31. The molecule has 1 N–H and O–H groups in total. The number of carbonyl (C=O) groups excluding carboxylic acids is 1. The number of amides is 1. The van der Waals surface area contributed by atoms with E-state index in [0.717, 1.165) is 19.5 Å². The predicted octanol–water partition coefficient (Wildman–Crippen LogP) is 3.49. The average Bonchev–Trinajstić information content (AvgIpc) is 2.87. The molecule has 1 aliphatic carbocycles. The van der Waals surface area contributed by atoms with Crippen molar-refractivity contribution in [3.05, 3.63) is 34.9 Å². The van der Waals surface area contributed by atoms with Gasteiger partial charge >= 0.3 is 0 Å². The van der Waals surface area contributed by atoms with Crippen LogP contribution in [-0.2, 0) is 24.1 Å². The van der Waals surface area contributed by atoms with Gasteiger partial charge in [-0.3, -0.25) is 4.79 Å². The summed E-state index contributed by atoms with van der Waals surface area (Å²) in [7, 11) is 0. The first-order valence-corrected chi connectivity index (χ1v) is 9.91. The molecule has 24 heavy (non-hydrogen) atoms. The van der Waals surface area contributed by atoms with Gasteiger partial charge in [0.2, 0.25) is 5.91 Å². The van der Waals surface area contributed by atoms with Crippen LogP contribution >= 0.6 is 0 Å². The molecule has 3 rings (SSSR count). The summed E-state index contributed by atoms with van der Waals surface area (Å²) < 4.78 is 0. The molecule has 132 valence electrons. The Kier molecular flexibility index (Phi) is 6.71. The minimum atomic E-state index is 0.168. The largest absolute Gasteiger partial charge is 0.356 e. The number of nitrogens with zero attached hydrogens (tertiary/aromatic N) is 1. The number of fused-ring (bicyclic) bond motifs is 1. The summed E-state index contributed by atoms with van der Waals surface area (Å²) in [5, 5.41) is 3.10. The van der Waals surface area contributed by atoms with Crippen LogP contribution in [0.4, 0.5) is 0 Å². The summed E-state index contributed by atoms with van der Waals surface area (Å²) in [5.74, 6) is 0.168. The van der Waals surface area contributed by atoms with Crippen LogP contribution in [0.1, 0.15) is 61.6 Å². The topological polar surface area (TPSA) is 32.3 Å². The minimum Gasteiger partial charge on any atom is -0.356 e. The number of aryl methyl sites for hydroxylation is 2. The number of hydrogen-bond acceptors (Lipinski definition) is 2. The molecule has 0 unspecified atom stereocenters. The first kappa shape index (κ1) is 17.5. The molecule has 1 aliphatic heterocycles. The van der Waals surface area contributed by atoms with Crippen LogP contribution in [0.5, 0.6) is 0 Å². The summed E-state index contributed by atoms with van der Waals surface area (Å²) in [6.45, 7) is 4.41. The van der Waals surface area contributed by atoms with E-state index < -0.39 is 0 Å². The summed E-state index contributed by atoms with van der Waals surface area (Å²) >= 11 is 0. The smallest absolute Gasteiger partial charge is 0.224 e. The lowest BCUT2D eigenvalue weighted by molar-refractivity contribution is -0.120. The zero-order chi connectivity index (χ0) is 16.6. The van der Waals surface area contributed by atoms with E-state index in [1.165, 1.54) is 81.1 Å². The molecule has 3 nitrogen and oxygen atoms in total. The molecule has 3 heteroatoms. The van der Waals surface area contributed by atoms with Gasteiger partial charge in [-0.25, -0.2) is 0 Å². The zero-order valence-corrected chi connectivity index (χ0v) is 15.0. The van der Waals surface area contributed by atoms with Gasteiger partial charge in [-0.1, -0.05) is 31.0 Å². The molecule has 0 aromatic heterocycles. The van der Waals surface area contributed by atoms with Crippen LogP contribution in [0.3, 0.4) is 0 Å². The number of rotatable bonds is 6. The van der Waals surface area contributed by atoms with Crippen molar-refractivity contribution in [3.63, 3.8) is 0 Å². The first-order valence-electron chi connectivity index (χ1n) is 9.91. The Bertz CT molecular complexity index is 533. The highest BCUT2D eigenvalue weighted by Gasteiger charge is 2.11. The Labute approximate surface area is 146 Å². The quantitative estimate of drug-likeness (QED) is 0.811. The van der Waals surface area contributed by atoms with E-state index >= 15 is 0 Å². The maximum absolute atomic E-state index is 12.2. The second-order valence-electron chi connectivity index (χ2n) is 7.45. The lowest BCUT2D eigenvalue weighted by Gasteiger charge is -2.19. The third-order valence-corrected chi connectivity index (χ3v) is 5.45. The van der Waals surface area contributed by atoms with Crippen molar-refractivity contribution in [3.8, 4) is 0 Å². The van der Waals surface area contributed by atoms with Gasteiger partial charge < -0.3 is 10.2 Å². The average molecular weight is 329 g/mol. The van der Waals surface area contributed by atoms with Crippen molar-refractivity contribution in [2.75, 3.05) is 26.2 Å². The van der Waals surface area contributed by atoms with Gasteiger partial charge in [0.25, 0.3) is 0 Å². The second-order valence-corrected chi connectivity index (χ2v) is 7.45. The van der Waals surface area contributed by atoms with Crippen LogP contribution in [0.15, 0.2) is 18.2 Å². The molecule has 0 radical (unpaired) electrons. The van der Waals surface area contributed by atoms with Crippen LogP contribution in [0.25, 0.3) is 0 Å². The molecule has 0 atom stereocenters. The monoisotopic (exact) mass is 328 g/mol. The summed E-state index contributed by atoms with van der Waals surface area (Å²) in [6, 6.07) is 6.63. The van der Waals surface area contributed by atoms with E-state index in [1.54, 1.807) is 0 Å². The summed E-state index contributed by atoms with van der Waals surface area (Å²) in [5.41, 5.74) is 4.12. The Morgan fingerprint density at radius 2 is 1.71 bits per heavy atom. The highest BCUT2D eigenvalue weighted by molar-refractivity contribution is 5.78. The number of nitrogens with one attached hydrogen (secondary N) is 1. The molecule has 1 fully saturated rings. The fourth-order valence-electron chi connectivity index (χ4n) is 4.03. The second kappa shape index (κ2) is 9.22. The van der Waals surface area contributed by atoms with Crippen LogP contribution in [0, 0.1) is 0 Å². The van der Waals surface area contributed by atoms with Gasteiger partial charge in [0.1, 0.15) is 0 Å². The standard InChI is InChI=1S/C21H32N2O/c24-21(22-12-7-15-23-13-5-1-2-6-14-23)17-18-10-11-19-8-3-4-9-20(19)16-18/h10-11,16H,1-9,12-15,17H2,(H,22,24). The normalized spacial score (nSPS) is 18.7. The predicted molar refractivity (Wildman–Crippen MR) is 99.3 cm³/mol. The number of benzene rings is 1. The molecule has 0 spiro atoms. The van der Waals surface area contributed by atoms with E-state index in [-0.39, 0.29) is 5.91 Å². The maximum Gasteiger partial charge on any atom is 0.224 e. The van der Waals surface area contributed by atoms with E-state index in [9.17, 15) is 4.79 Å². The molecule has 1 aromatic rings. The van der Waals surface area contributed by atoms with Crippen molar-refractivity contribution in [1.29, 1.82) is 0 Å². The molecular formula is C21H32N2O. The highest BCUT2D eigenvalue weighted by atomic mass is 16.1. The molecule has 1 heterocycles. The van der Waals surface area contributed by atoms with E-state index in [1.807, 2.05) is 0 Å². The minimum absolute atomic E-state index is 0.168. The SMILES string of the molecule is O=C(Cc1ccc2c(c1)CCCC2)NCCCN1CCCCCC1. The fraction of sp³-hybridized carbons (Fsp3) is 0.667. The van der Waals surface area contributed by atoms with Gasteiger partial charge in [0.15, 0.2) is 0 Å². The Hall–Kier alpha value is -1.35. The van der Waals surface area contributed by atoms with Crippen LogP contribution < -0.4 is 5.32 Å². The molecular weight excluding hydrogens is 296 g/mol. The third-order valence-electron chi connectivity index (χ3n) is 5.45. The van der Waals surface area contributed by atoms with Crippen molar-refractivity contribution in [2.24, 2.45) is 0 Å². The van der Waals surface area contributed by atoms with Gasteiger partial charge in [-0.2, -0.15) is 0 Å². The number of hydrogen-bond donors (Lipinski definition) is 1. The maximum atomic E-state index is 12.2. The lowest BCUT2D eigenvalue weighted by atomic mass is 9.90. The summed E-state index contributed by atoms with van der Waals surface area (Å²) in [4.78, 5) is 14.7. The highest BCUT2D eigenvalue weighted by Crippen LogP contribution is 2.22. The van der Waals surface area contributed by atoms with Gasteiger partial charge in [0, 0.05) is 6.54 Å². The third kappa shape index (κ3) is 5.34. The molecule has 0 saturated carbocycles. The fourth-order valence-corrected chi connectivity index (χ4v) is 4.03. The first-order chi connectivity index (χ1) is 11.8. The molecule has 1 saturated heterocycles. The molecule has 1 amide bonds. The van der Waals surface area contributed by atoms with Crippen molar-refractivity contribution >= 4 is 5.91 Å². The van der Waals surface area contributed by atoms with Crippen LogP contribution in [0.2, 0.25) is 0 Å². The van der Waals surface area contributed by atoms with Gasteiger partial charge in [0.05, 0.1) is 6.42 Å². The molecule has 1 aromatic carbocycles. The number of carbonyl (C=O) groups is 1. The van der Waals surface area contributed by atoms with E-state index in [4.69, 9.17) is 0 Å². The number of likely N-dealkylation sites (tertiary alicyclic amines) is 1. The van der Waals surface area contributed by atoms with Crippen LogP contribution in [-0.4, -0.2) is 37.0 Å². The summed E-state index contributed by atoms with van der Waals surface area (Å²) in [6.07, 6.45) is 12.0. The molecule has 2 aliphatic rings. The van der Waals surface area contributed by atoms with Gasteiger partial charge in [-0.15, -0.1) is 0 Å². The molecule has 0 bridgehead atoms. The van der Waals surface area contributed by atoms with Gasteiger partial charge in [-0.05, 0) is 81.3 Å². The Morgan fingerprint density at radius 3 is 2.50 bits per heavy atom. The van der Waals surface area contributed by atoms with Crippen molar-refractivity contribution in [1.82, 2.24) is 10.2 Å². The zero-order valence-electron chi connectivity index (χ0n) is 15.0. The van der Waals surface area contributed by atoms with E-state index in [2.05, 4.69) is 28.4 Å². The van der Waals surface area contributed by atoms with Crippen molar-refractivity contribution < 1.29 is 4.79 Å². The van der Waals surface area contributed by atoms with E-state index in [0.29, 0.717) is 6.42 Å². The Balaban J connectivity index is 1.36.